The molecule has 0 fully saturated rings. The summed E-state index contributed by atoms with van der Waals surface area (Å²) in [6.45, 7) is 0. The minimum absolute atomic E-state index is 0.00894. The fourth-order valence-electron chi connectivity index (χ4n) is 2.63. The molecule has 4 N–H and O–H groups in total. The van der Waals surface area contributed by atoms with Crippen LogP contribution < -0.4 is 11.5 Å². The van der Waals surface area contributed by atoms with Crippen LogP contribution in [0.2, 0.25) is 0 Å². The fourth-order valence-corrected chi connectivity index (χ4v) is 2.63. The number of aromatic nitrogens is 1. The zero-order valence-corrected chi connectivity index (χ0v) is 12.8. The number of halogens is 6. The van der Waals surface area contributed by atoms with Gasteiger partial charge >= 0.3 is 12.4 Å². The Balaban J connectivity index is 2.47. The van der Waals surface area contributed by atoms with Crippen molar-refractivity contribution in [2.75, 3.05) is 0 Å². The first-order valence-corrected chi connectivity index (χ1v) is 7.08. The Kier molecular flexibility index (Phi) is 3.93. The summed E-state index contributed by atoms with van der Waals surface area (Å²) in [5.41, 5.74) is 7.21. The van der Waals surface area contributed by atoms with E-state index in [9.17, 15) is 26.3 Å². The van der Waals surface area contributed by atoms with Gasteiger partial charge in [0.25, 0.3) is 0 Å². The average Bonchev–Trinajstić information content (AvgIpc) is 2.51. The number of alkyl halides is 6. The van der Waals surface area contributed by atoms with E-state index >= 15 is 0 Å². The zero-order chi connectivity index (χ0) is 19.3. The third-order valence-electron chi connectivity index (χ3n) is 3.63. The van der Waals surface area contributed by atoms with Gasteiger partial charge < -0.3 is 11.5 Å². The minimum atomic E-state index is -5.01. The van der Waals surface area contributed by atoms with Crippen molar-refractivity contribution < 1.29 is 26.3 Å². The first kappa shape index (κ1) is 17.8. The maximum atomic E-state index is 13.5. The van der Waals surface area contributed by atoms with Crippen LogP contribution in [-0.2, 0) is 12.4 Å². The molecule has 0 radical (unpaired) electrons. The highest BCUT2D eigenvalue weighted by Crippen LogP contribution is 2.41. The normalized spacial score (nSPS) is 12.5. The molecule has 0 aliphatic rings. The Bertz CT molecular complexity index is 1030. The van der Waals surface area contributed by atoms with Crippen LogP contribution in [0.1, 0.15) is 11.3 Å². The summed E-state index contributed by atoms with van der Waals surface area (Å²) in [6, 6.07) is 6.70. The molecule has 10 heteroatoms. The van der Waals surface area contributed by atoms with E-state index in [1.165, 1.54) is 24.3 Å². The van der Waals surface area contributed by atoms with Crippen LogP contribution in [0.15, 0.2) is 41.4 Å². The highest BCUT2D eigenvalue weighted by molar-refractivity contribution is 6.09. The van der Waals surface area contributed by atoms with E-state index in [0.717, 1.165) is 6.07 Å². The Morgan fingerprint density at radius 1 is 0.885 bits per heavy atom. The largest absolute Gasteiger partial charge is 0.433 e. The predicted octanol–water partition coefficient (Wildman–Crippen LogP) is 4.33. The molecule has 0 aliphatic heterocycles. The number of aliphatic imine (C=N–C) groups is 1. The van der Waals surface area contributed by atoms with E-state index in [1.807, 2.05) is 0 Å². The van der Waals surface area contributed by atoms with Crippen molar-refractivity contribution in [1.29, 1.82) is 0 Å². The molecule has 0 amide bonds. The molecule has 0 aliphatic carbocycles. The van der Waals surface area contributed by atoms with Crippen molar-refractivity contribution in [2.24, 2.45) is 16.5 Å². The van der Waals surface area contributed by atoms with Crippen molar-refractivity contribution in [1.82, 2.24) is 4.98 Å². The molecule has 0 unspecified atom stereocenters. The van der Waals surface area contributed by atoms with Gasteiger partial charge in [-0.25, -0.2) is 9.98 Å². The number of pyridine rings is 1. The Morgan fingerprint density at radius 3 is 2.12 bits per heavy atom. The van der Waals surface area contributed by atoms with Gasteiger partial charge in [0, 0.05) is 5.39 Å². The van der Waals surface area contributed by atoms with Crippen LogP contribution in [0, 0.1) is 0 Å². The van der Waals surface area contributed by atoms with Crippen molar-refractivity contribution >= 4 is 33.3 Å². The molecule has 0 saturated heterocycles. The molecule has 136 valence electrons. The second-order valence-electron chi connectivity index (χ2n) is 5.45. The van der Waals surface area contributed by atoms with Crippen LogP contribution in [-0.4, -0.2) is 10.9 Å². The molecule has 2 aromatic carbocycles. The molecule has 1 aromatic heterocycles. The molecule has 0 saturated carbocycles. The SMILES string of the molecule is NC(N)=Nc1ccc2ccc3nc(C(F)(F)F)cc(C(F)(F)F)c3c2c1. The van der Waals surface area contributed by atoms with Gasteiger partial charge in [0.2, 0.25) is 0 Å². The van der Waals surface area contributed by atoms with Gasteiger partial charge in [-0.1, -0.05) is 12.1 Å². The smallest absolute Gasteiger partial charge is 0.370 e. The van der Waals surface area contributed by atoms with Crippen molar-refractivity contribution in [3.05, 3.63) is 47.7 Å². The number of hydrogen-bond acceptors (Lipinski definition) is 2. The lowest BCUT2D eigenvalue weighted by Gasteiger charge is -2.15. The van der Waals surface area contributed by atoms with Gasteiger partial charge in [-0.3, -0.25) is 0 Å². The quantitative estimate of drug-likeness (QED) is 0.289. The number of nitrogens with two attached hydrogens (primary N) is 2. The van der Waals surface area contributed by atoms with E-state index < -0.39 is 34.5 Å². The number of fused-ring (bicyclic) bond motifs is 3. The third-order valence-corrected chi connectivity index (χ3v) is 3.63. The maximum absolute atomic E-state index is 13.5. The summed E-state index contributed by atoms with van der Waals surface area (Å²) < 4.78 is 79.2. The third kappa shape index (κ3) is 3.22. The van der Waals surface area contributed by atoms with Gasteiger partial charge in [-0.15, -0.1) is 0 Å². The molecule has 0 atom stereocenters. The molecule has 26 heavy (non-hydrogen) atoms. The van der Waals surface area contributed by atoms with Crippen molar-refractivity contribution in [2.45, 2.75) is 12.4 Å². The van der Waals surface area contributed by atoms with E-state index in [-0.39, 0.29) is 23.1 Å². The molecular formula is C16H10F6N4. The molecule has 1 heterocycles. The monoisotopic (exact) mass is 372 g/mol. The summed E-state index contributed by atoms with van der Waals surface area (Å²) in [7, 11) is 0. The zero-order valence-electron chi connectivity index (χ0n) is 12.8. The lowest BCUT2D eigenvalue weighted by Crippen LogP contribution is -2.21. The van der Waals surface area contributed by atoms with Crippen molar-refractivity contribution in [3.63, 3.8) is 0 Å². The Morgan fingerprint density at radius 2 is 1.54 bits per heavy atom. The van der Waals surface area contributed by atoms with Gasteiger partial charge in [0.05, 0.1) is 16.8 Å². The second-order valence-corrected chi connectivity index (χ2v) is 5.45. The van der Waals surface area contributed by atoms with Crippen LogP contribution in [0.3, 0.4) is 0 Å². The predicted molar refractivity (Wildman–Crippen MR) is 84.7 cm³/mol. The average molecular weight is 372 g/mol. The standard InChI is InChI=1S/C16H10F6N4/c17-15(18,19)10-6-12(16(20,21)22)26-11-4-2-7-1-3-8(25-14(23)24)5-9(7)13(10)11/h1-6H,(H4,23,24,25). The molecule has 0 spiro atoms. The lowest BCUT2D eigenvalue weighted by molar-refractivity contribution is -0.144. The van der Waals surface area contributed by atoms with Gasteiger partial charge in [0.15, 0.2) is 5.96 Å². The van der Waals surface area contributed by atoms with Crippen LogP contribution in [0.25, 0.3) is 21.7 Å². The number of hydrogen-bond donors (Lipinski definition) is 2. The van der Waals surface area contributed by atoms with E-state index in [4.69, 9.17) is 11.5 Å². The topological polar surface area (TPSA) is 77.3 Å². The van der Waals surface area contributed by atoms with Crippen molar-refractivity contribution in [3.8, 4) is 0 Å². The van der Waals surface area contributed by atoms with Crippen LogP contribution >= 0.6 is 0 Å². The molecular weight excluding hydrogens is 362 g/mol. The summed E-state index contributed by atoms with van der Waals surface area (Å²) in [6.07, 6.45) is -10.0. The number of guanidine groups is 1. The second kappa shape index (κ2) is 5.75. The maximum Gasteiger partial charge on any atom is 0.433 e. The highest BCUT2D eigenvalue weighted by Gasteiger charge is 2.39. The number of benzene rings is 2. The molecule has 4 nitrogen and oxygen atoms in total. The Labute approximate surface area is 142 Å². The fraction of sp³-hybridized carbons (Fsp3) is 0.125. The van der Waals surface area contributed by atoms with E-state index in [2.05, 4.69) is 9.98 Å². The molecule has 3 aromatic rings. The summed E-state index contributed by atoms with van der Waals surface area (Å²) in [4.78, 5) is 7.11. The summed E-state index contributed by atoms with van der Waals surface area (Å²) in [5, 5.41) is -0.0340. The molecule has 3 rings (SSSR count). The molecule has 0 bridgehead atoms. The number of nitrogens with zero attached hydrogens (tertiary/aromatic N) is 2. The minimum Gasteiger partial charge on any atom is -0.370 e. The van der Waals surface area contributed by atoms with Crippen LogP contribution in [0.4, 0.5) is 32.0 Å². The highest BCUT2D eigenvalue weighted by atomic mass is 19.4. The van der Waals surface area contributed by atoms with Crippen LogP contribution in [0.5, 0.6) is 0 Å². The van der Waals surface area contributed by atoms with E-state index in [1.54, 1.807) is 0 Å². The number of rotatable bonds is 1. The van der Waals surface area contributed by atoms with E-state index in [0.29, 0.717) is 5.39 Å². The Hall–Kier alpha value is -3.04. The first-order valence-electron chi connectivity index (χ1n) is 7.08. The lowest BCUT2D eigenvalue weighted by atomic mass is 9.99. The first-order chi connectivity index (χ1) is 12.0. The summed E-state index contributed by atoms with van der Waals surface area (Å²) in [5.74, 6) is -0.307. The van der Waals surface area contributed by atoms with Gasteiger partial charge in [0.1, 0.15) is 5.69 Å². The summed E-state index contributed by atoms with van der Waals surface area (Å²) >= 11 is 0. The van der Waals surface area contributed by atoms with Gasteiger partial charge in [-0.05, 0) is 35.0 Å². The van der Waals surface area contributed by atoms with Gasteiger partial charge in [-0.2, -0.15) is 26.3 Å².